The van der Waals surface area contributed by atoms with Crippen molar-refractivity contribution in [1.29, 1.82) is 0 Å². The molecule has 0 bridgehead atoms. The number of piperidine rings is 1. The number of para-hydroxylation sites is 1. The second-order valence-corrected chi connectivity index (χ2v) is 9.93. The van der Waals surface area contributed by atoms with Crippen LogP contribution in [0.5, 0.6) is 11.5 Å². The molecule has 0 spiro atoms. The number of carbonyl (C=O) groups is 1. The van der Waals surface area contributed by atoms with Gasteiger partial charge in [-0.1, -0.05) is 42.8 Å². The monoisotopic (exact) mass is 488 g/mol. The van der Waals surface area contributed by atoms with E-state index in [2.05, 4.69) is 39.6 Å². The van der Waals surface area contributed by atoms with Gasteiger partial charge in [0.1, 0.15) is 12.3 Å². The number of hydrogen-bond acceptors (Lipinski definition) is 5. The van der Waals surface area contributed by atoms with Gasteiger partial charge in [-0.15, -0.1) is 0 Å². The summed E-state index contributed by atoms with van der Waals surface area (Å²) in [6, 6.07) is 16.3. The van der Waals surface area contributed by atoms with E-state index in [1.165, 1.54) is 37.9 Å². The first-order valence-electron chi connectivity index (χ1n) is 13.0. The summed E-state index contributed by atoms with van der Waals surface area (Å²) in [5, 5.41) is 7.50. The van der Waals surface area contributed by atoms with Gasteiger partial charge in [0.15, 0.2) is 11.5 Å². The molecule has 5 rings (SSSR count). The number of ether oxygens (including phenoxy) is 2. The average Bonchev–Trinajstić information content (AvgIpc) is 3.68. The predicted octanol–water partition coefficient (Wildman–Crippen LogP) is 4.80. The summed E-state index contributed by atoms with van der Waals surface area (Å²) >= 11 is 0. The highest BCUT2D eigenvalue weighted by Crippen LogP contribution is 2.39. The molecule has 2 aromatic carbocycles. The zero-order valence-electron chi connectivity index (χ0n) is 21.3. The molecule has 2 fully saturated rings. The number of rotatable bonds is 10. The highest BCUT2D eigenvalue weighted by molar-refractivity contribution is 5.92. The SMILES string of the molecule is COc1c(CNC(=O)c2cc(C3CC3)nn2C)cccc1OCc1ccc(CN2CCCCC2)cc1. The largest absolute Gasteiger partial charge is 0.493 e. The molecule has 3 aromatic rings. The van der Waals surface area contributed by atoms with Crippen LogP contribution in [0.25, 0.3) is 0 Å². The number of nitrogens with zero attached hydrogens (tertiary/aromatic N) is 3. The zero-order valence-corrected chi connectivity index (χ0v) is 21.3. The topological polar surface area (TPSA) is 68.6 Å². The quantitative estimate of drug-likeness (QED) is 0.444. The first-order valence-corrected chi connectivity index (χ1v) is 13.0. The Kier molecular flexibility index (Phi) is 7.56. The fraction of sp³-hybridized carbons (Fsp3) is 0.448. The van der Waals surface area contributed by atoms with Gasteiger partial charge in [-0.2, -0.15) is 5.10 Å². The Balaban J connectivity index is 1.18. The maximum Gasteiger partial charge on any atom is 0.269 e. The van der Waals surface area contributed by atoms with Gasteiger partial charge in [-0.3, -0.25) is 14.4 Å². The van der Waals surface area contributed by atoms with Crippen molar-refractivity contribution in [1.82, 2.24) is 20.0 Å². The van der Waals surface area contributed by atoms with Crippen molar-refractivity contribution in [2.45, 2.75) is 57.7 Å². The molecular weight excluding hydrogens is 452 g/mol. The lowest BCUT2D eigenvalue weighted by Crippen LogP contribution is -2.29. The summed E-state index contributed by atoms with van der Waals surface area (Å²) in [7, 11) is 3.45. The Morgan fingerprint density at radius 1 is 1.06 bits per heavy atom. The number of aryl methyl sites for hydroxylation is 1. The van der Waals surface area contributed by atoms with Crippen molar-refractivity contribution in [2.24, 2.45) is 7.05 Å². The van der Waals surface area contributed by atoms with Gasteiger partial charge in [0.05, 0.1) is 12.8 Å². The van der Waals surface area contributed by atoms with Crippen LogP contribution in [0.2, 0.25) is 0 Å². The van der Waals surface area contributed by atoms with Crippen LogP contribution >= 0.6 is 0 Å². The van der Waals surface area contributed by atoms with Gasteiger partial charge in [-0.25, -0.2) is 0 Å². The number of nitrogens with one attached hydrogen (secondary N) is 1. The molecular formula is C29H36N4O3. The second-order valence-electron chi connectivity index (χ2n) is 9.93. The highest BCUT2D eigenvalue weighted by Gasteiger charge is 2.28. The molecule has 1 N–H and O–H groups in total. The van der Waals surface area contributed by atoms with Crippen LogP contribution in [0.4, 0.5) is 0 Å². The third-order valence-electron chi connectivity index (χ3n) is 7.10. The van der Waals surface area contributed by atoms with Gasteiger partial charge in [0.25, 0.3) is 5.91 Å². The van der Waals surface area contributed by atoms with Crippen molar-refractivity contribution >= 4 is 5.91 Å². The minimum absolute atomic E-state index is 0.144. The van der Waals surface area contributed by atoms with E-state index in [1.54, 1.807) is 11.8 Å². The van der Waals surface area contributed by atoms with Crippen LogP contribution in [0.1, 0.15) is 70.9 Å². The Morgan fingerprint density at radius 3 is 2.53 bits per heavy atom. The summed E-state index contributed by atoms with van der Waals surface area (Å²) in [5.74, 6) is 1.67. The van der Waals surface area contributed by atoms with Gasteiger partial charge in [0, 0.05) is 31.6 Å². The highest BCUT2D eigenvalue weighted by atomic mass is 16.5. The van der Waals surface area contributed by atoms with E-state index in [4.69, 9.17) is 9.47 Å². The molecule has 1 saturated heterocycles. The predicted molar refractivity (Wildman–Crippen MR) is 139 cm³/mol. The van der Waals surface area contributed by atoms with Gasteiger partial charge < -0.3 is 14.8 Å². The number of benzene rings is 2. The van der Waals surface area contributed by atoms with Crippen LogP contribution in [0.15, 0.2) is 48.5 Å². The second kappa shape index (κ2) is 11.2. The first kappa shape index (κ1) is 24.4. The molecule has 1 aliphatic heterocycles. The van der Waals surface area contributed by atoms with Crippen molar-refractivity contribution in [3.8, 4) is 11.5 Å². The van der Waals surface area contributed by atoms with Crippen LogP contribution in [0.3, 0.4) is 0 Å². The number of likely N-dealkylation sites (tertiary alicyclic amines) is 1. The number of hydrogen-bond donors (Lipinski definition) is 1. The zero-order chi connectivity index (χ0) is 24.9. The summed E-state index contributed by atoms with van der Waals surface area (Å²) in [6.07, 6.45) is 6.29. The summed E-state index contributed by atoms with van der Waals surface area (Å²) < 4.78 is 13.5. The van der Waals surface area contributed by atoms with E-state index in [9.17, 15) is 4.79 Å². The maximum absolute atomic E-state index is 12.8. The van der Waals surface area contributed by atoms with Crippen molar-refractivity contribution in [2.75, 3.05) is 20.2 Å². The van der Waals surface area contributed by atoms with E-state index in [0.29, 0.717) is 36.3 Å². The number of methoxy groups -OCH3 is 1. The van der Waals surface area contributed by atoms with Crippen molar-refractivity contribution in [3.05, 3.63) is 76.6 Å². The van der Waals surface area contributed by atoms with Crippen LogP contribution in [-0.2, 0) is 26.7 Å². The molecule has 2 aliphatic rings. The molecule has 2 heterocycles. The minimum atomic E-state index is -0.144. The smallest absolute Gasteiger partial charge is 0.269 e. The molecule has 1 aromatic heterocycles. The number of aromatic nitrogens is 2. The maximum atomic E-state index is 12.8. The van der Waals surface area contributed by atoms with E-state index < -0.39 is 0 Å². The lowest BCUT2D eigenvalue weighted by atomic mass is 10.1. The molecule has 190 valence electrons. The van der Waals surface area contributed by atoms with Crippen LogP contribution in [-0.4, -0.2) is 40.8 Å². The third kappa shape index (κ3) is 5.90. The normalized spacial score (nSPS) is 16.1. The average molecular weight is 489 g/mol. The van der Waals surface area contributed by atoms with Crippen molar-refractivity contribution < 1.29 is 14.3 Å². The van der Waals surface area contributed by atoms with Gasteiger partial charge >= 0.3 is 0 Å². The Labute approximate surface area is 213 Å². The van der Waals surface area contributed by atoms with E-state index >= 15 is 0 Å². The Morgan fingerprint density at radius 2 is 1.81 bits per heavy atom. The molecule has 0 unspecified atom stereocenters. The Bertz CT molecular complexity index is 1180. The lowest BCUT2D eigenvalue weighted by Gasteiger charge is -2.26. The molecule has 7 nitrogen and oxygen atoms in total. The summed E-state index contributed by atoms with van der Waals surface area (Å²) in [6.45, 7) is 4.21. The van der Waals surface area contributed by atoms with Crippen molar-refractivity contribution in [3.63, 3.8) is 0 Å². The van der Waals surface area contributed by atoms with E-state index in [1.807, 2.05) is 31.3 Å². The van der Waals surface area contributed by atoms with Crippen LogP contribution < -0.4 is 14.8 Å². The summed E-state index contributed by atoms with van der Waals surface area (Å²) in [4.78, 5) is 15.3. The third-order valence-corrected chi connectivity index (χ3v) is 7.10. The number of amides is 1. The summed E-state index contributed by atoms with van der Waals surface area (Å²) in [5.41, 5.74) is 4.90. The molecule has 0 atom stereocenters. The minimum Gasteiger partial charge on any atom is -0.493 e. The molecule has 1 saturated carbocycles. The molecule has 1 amide bonds. The number of carbonyl (C=O) groups excluding carboxylic acids is 1. The molecule has 7 heteroatoms. The molecule has 1 aliphatic carbocycles. The van der Waals surface area contributed by atoms with Crippen LogP contribution in [0, 0.1) is 0 Å². The van der Waals surface area contributed by atoms with Gasteiger partial charge in [-0.05, 0) is 62.0 Å². The fourth-order valence-corrected chi connectivity index (χ4v) is 4.87. The Hall–Kier alpha value is -3.32. The lowest BCUT2D eigenvalue weighted by molar-refractivity contribution is 0.0941. The molecule has 0 radical (unpaired) electrons. The fourth-order valence-electron chi connectivity index (χ4n) is 4.87. The van der Waals surface area contributed by atoms with E-state index in [-0.39, 0.29) is 5.91 Å². The van der Waals surface area contributed by atoms with E-state index in [0.717, 1.165) is 36.2 Å². The standard InChI is InChI=1S/C29H36N4O3/c1-32-26(17-25(31-32)23-13-14-23)29(34)30-18-24-7-6-8-27(28(24)35-2)36-20-22-11-9-21(10-12-22)19-33-15-4-3-5-16-33/h6-12,17,23H,3-5,13-16,18-20H2,1-2H3,(H,30,34). The van der Waals surface area contributed by atoms with Gasteiger partial charge in [0.2, 0.25) is 0 Å². The first-order chi connectivity index (χ1) is 17.6. The molecule has 36 heavy (non-hydrogen) atoms.